The van der Waals surface area contributed by atoms with Crippen molar-refractivity contribution in [3.05, 3.63) is 23.7 Å². The summed E-state index contributed by atoms with van der Waals surface area (Å²) in [6.45, 7) is 14.1. The van der Waals surface area contributed by atoms with Crippen molar-refractivity contribution in [2.75, 3.05) is 32.7 Å². The zero-order valence-corrected chi connectivity index (χ0v) is 13.2. The van der Waals surface area contributed by atoms with Gasteiger partial charge in [0, 0.05) is 19.1 Å². The SMILES string of the molecule is CCNCc1ccc(CN2CCC(N(CC)CC)C2)o1. The van der Waals surface area contributed by atoms with E-state index in [1.54, 1.807) is 0 Å². The number of nitrogens with zero attached hydrogens (tertiary/aromatic N) is 2. The fourth-order valence-corrected chi connectivity index (χ4v) is 3.06. The van der Waals surface area contributed by atoms with Crippen LogP contribution in [0.1, 0.15) is 38.7 Å². The van der Waals surface area contributed by atoms with E-state index in [9.17, 15) is 0 Å². The maximum atomic E-state index is 5.88. The summed E-state index contributed by atoms with van der Waals surface area (Å²) in [5.74, 6) is 2.14. The average Bonchev–Trinajstić information content (AvgIpc) is 3.08. The Hall–Kier alpha value is -0.840. The van der Waals surface area contributed by atoms with Crippen molar-refractivity contribution in [2.45, 2.75) is 46.3 Å². The molecular weight excluding hydrogens is 250 g/mol. The fourth-order valence-electron chi connectivity index (χ4n) is 3.06. The molecule has 1 fully saturated rings. The summed E-state index contributed by atoms with van der Waals surface area (Å²) < 4.78 is 5.88. The van der Waals surface area contributed by atoms with Crippen molar-refractivity contribution >= 4 is 0 Å². The number of rotatable bonds is 8. The monoisotopic (exact) mass is 279 g/mol. The molecule has 2 heterocycles. The molecule has 4 heteroatoms. The van der Waals surface area contributed by atoms with Gasteiger partial charge < -0.3 is 9.73 Å². The Bertz CT molecular complexity index is 387. The second-order valence-electron chi connectivity index (χ2n) is 5.55. The van der Waals surface area contributed by atoms with Crippen LogP contribution in [0.4, 0.5) is 0 Å². The van der Waals surface area contributed by atoms with Crippen LogP contribution in [0.3, 0.4) is 0 Å². The zero-order chi connectivity index (χ0) is 14.4. The molecule has 1 aromatic rings. The summed E-state index contributed by atoms with van der Waals surface area (Å²) in [7, 11) is 0. The van der Waals surface area contributed by atoms with Crippen LogP contribution in [-0.2, 0) is 13.1 Å². The van der Waals surface area contributed by atoms with E-state index in [1.807, 2.05) is 0 Å². The molecule has 0 aliphatic carbocycles. The van der Waals surface area contributed by atoms with Gasteiger partial charge in [-0.3, -0.25) is 9.80 Å². The van der Waals surface area contributed by atoms with Crippen molar-refractivity contribution in [2.24, 2.45) is 0 Å². The number of likely N-dealkylation sites (N-methyl/N-ethyl adjacent to an activating group) is 1. The summed E-state index contributed by atoms with van der Waals surface area (Å²) in [6.07, 6.45) is 1.28. The van der Waals surface area contributed by atoms with Gasteiger partial charge in [-0.05, 0) is 38.2 Å². The third-order valence-corrected chi connectivity index (χ3v) is 4.22. The molecule has 1 atom stereocenters. The van der Waals surface area contributed by atoms with E-state index in [2.05, 4.69) is 48.0 Å². The maximum absolute atomic E-state index is 5.88. The Labute approximate surface area is 123 Å². The predicted octanol–water partition coefficient (Wildman–Crippen LogP) is 2.31. The molecule has 0 aromatic carbocycles. The highest BCUT2D eigenvalue weighted by atomic mass is 16.3. The van der Waals surface area contributed by atoms with Gasteiger partial charge in [0.1, 0.15) is 11.5 Å². The first-order valence-corrected chi connectivity index (χ1v) is 8.01. The maximum Gasteiger partial charge on any atom is 0.118 e. The quantitative estimate of drug-likeness (QED) is 0.791. The van der Waals surface area contributed by atoms with Crippen LogP contribution >= 0.6 is 0 Å². The minimum atomic E-state index is 0.723. The van der Waals surface area contributed by atoms with Gasteiger partial charge in [0.15, 0.2) is 0 Å². The average molecular weight is 279 g/mol. The molecule has 0 spiro atoms. The number of hydrogen-bond donors (Lipinski definition) is 1. The van der Waals surface area contributed by atoms with Crippen molar-refractivity contribution in [1.29, 1.82) is 0 Å². The molecule has 1 saturated heterocycles. The lowest BCUT2D eigenvalue weighted by atomic mass is 10.2. The van der Waals surface area contributed by atoms with Crippen LogP contribution in [0, 0.1) is 0 Å². The zero-order valence-electron chi connectivity index (χ0n) is 13.2. The Morgan fingerprint density at radius 2 is 2.00 bits per heavy atom. The van der Waals surface area contributed by atoms with Crippen LogP contribution in [-0.4, -0.2) is 48.6 Å². The summed E-state index contributed by atoms with van der Waals surface area (Å²) in [5.41, 5.74) is 0. The highest BCUT2D eigenvalue weighted by Crippen LogP contribution is 2.19. The molecule has 0 amide bonds. The largest absolute Gasteiger partial charge is 0.463 e. The van der Waals surface area contributed by atoms with Gasteiger partial charge in [0.25, 0.3) is 0 Å². The number of hydrogen-bond acceptors (Lipinski definition) is 4. The molecule has 0 bridgehead atoms. The molecule has 1 aliphatic rings. The molecule has 20 heavy (non-hydrogen) atoms. The van der Waals surface area contributed by atoms with Crippen LogP contribution in [0.5, 0.6) is 0 Å². The Kier molecular flexibility index (Phi) is 6.07. The van der Waals surface area contributed by atoms with E-state index in [-0.39, 0.29) is 0 Å². The fraction of sp³-hybridized carbons (Fsp3) is 0.750. The Balaban J connectivity index is 1.81. The molecule has 114 valence electrons. The Morgan fingerprint density at radius 1 is 1.25 bits per heavy atom. The van der Waals surface area contributed by atoms with E-state index in [0.29, 0.717) is 0 Å². The van der Waals surface area contributed by atoms with Crippen molar-refractivity contribution in [3.63, 3.8) is 0 Å². The van der Waals surface area contributed by atoms with Gasteiger partial charge in [-0.1, -0.05) is 20.8 Å². The summed E-state index contributed by atoms with van der Waals surface area (Å²) in [6, 6.07) is 4.94. The second-order valence-corrected chi connectivity index (χ2v) is 5.55. The summed E-state index contributed by atoms with van der Waals surface area (Å²) in [5, 5.41) is 3.29. The standard InChI is InChI=1S/C16H29N3O/c1-4-17-11-15-7-8-16(20-15)13-18-10-9-14(12-18)19(5-2)6-3/h7-8,14,17H,4-6,9-13H2,1-3H3. The topological polar surface area (TPSA) is 31.6 Å². The predicted molar refractivity (Wildman–Crippen MR) is 82.7 cm³/mol. The van der Waals surface area contributed by atoms with E-state index >= 15 is 0 Å². The van der Waals surface area contributed by atoms with E-state index in [0.717, 1.165) is 50.3 Å². The first-order valence-electron chi connectivity index (χ1n) is 8.01. The summed E-state index contributed by atoms with van der Waals surface area (Å²) in [4.78, 5) is 5.08. The van der Waals surface area contributed by atoms with Crippen LogP contribution in [0.25, 0.3) is 0 Å². The lowest BCUT2D eigenvalue weighted by molar-refractivity contribution is 0.204. The number of nitrogens with one attached hydrogen (secondary N) is 1. The molecule has 1 aromatic heterocycles. The van der Waals surface area contributed by atoms with Crippen LogP contribution < -0.4 is 5.32 Å². The lowest BCUT2D eigenvalue weighted by Gasteiger charge is -2.26. The first-order chi connectivity index (χ1) is 9.76. The molecule has 4 nitrogen and oxygen atoms in total. The normalized spacial score (nSPS) is 20.1. The smallest absolute Gasteiger partial charge is 0.118 e. The minimum absolute atomic E-state index is 0.723. The van der Waals surface area contributed by atoms with E-state index in [4.69, 9.17) is 4.42 Å². The highest BCUT2D eigenvalue weighted by Gasteiger charge is 2.26. The number of furan rings is 1. The van der Waals surface area contributed by atoms with Gasteiger partial charge in [-0.2, -0.15) is 0 Å². The van der Waals surface area contributed by atoms with Crippen molar-refractivity contribution in [3.8, 4) is 0 Å². The summed E-state index contributed by atoms with van der Waals surface area (Å²) >= 11 is 0. The molecule has 1 N–H and O–H groups in total. The van der Waals surface area contributed by atoms with Crippen molar-refractivity contribution < 1.29 is 4.42 Å². The second kappa shape index (κ2) is 7.81. The van der Waals surface area contributed by atoms with Gasteiger partial charge >= 0.3 is 0 Å². The van der Waals surface area contributed by atoms with Gasteiger partial charge in [-0.15, -0.1) is 0 Å². The third-order valence-electron chi connectivity index (χ3n) is 4.22. The minimum Gasteiger partial charge on any atom is -0.463 e. The third kappa shape index (κ3) is 4.08. The number of likely N-dealkylation sites (tertiary alicyclic amines) is 1. The van der Waals surface area contributed by atoms with Crippen molar-refractivity contribution in [1.82, 2.24) is 15.1 Å². The highest BCUT2D eigenvalue weighted by molar-refractivity contribution is 5.07. The van der Waals surface area contributed by atoms with Crippen LogP contribution in [0.2, 0.25) is 0 Å². The molecule has 0 saturated carbocycles. The van der Waals surface area contributed by atoms with Gasteiger partial charge in [-0.25, -0.2) is 0 Å². The molecule has 1 unspecified atom stereocenters. The molecular formula is C16H29N3O. The van der Waals surface area contributed by atoms with Gasteiger partial charge in [0.05, 0.1) is 13.1 Å². The molecule has 2 rings (SSSR count). The van der Waals surface area contributed by atoms with Gasteiger partial charge in [0.2, 0.25) is 0 Å². The Morgan fingerprint density at radius 3 is 2.70 bits per heavy atom. The van der Waals surface area contributed by atoms with Crippen LogP contribution in [0.15, 0.2) is 16.5 Å². The molecule has 0 radical (unpaired) electrons. The van der Waals surface area contributed by atoms with E-state index in [1.165, 1.54) is 19.5 Å². The molecule has 1 aliphatic heterocycles. The van der Waals surface area contributed by atoms with E-state index < -0.39 is 0 Å². The first kappa shape index (κ1) is 15.5. The lowest BCUT2D eigenvalue weighted by Crippen LogP contribution is -2.37.